The Morgan fingerprint density at radius 3 is 2.56 bits per heavy atom. The van der Waals surface area contributed by atoms with Crippen LogP contribution in [0, 0.1) is 5.92 Å². The summed E-state index contributed by atoms with van der Waals surface area (Å²) >= 11 is 0. The number of benzene rings is 1. The number of hydrogen-bond donors (Lipinski definition) is 1. The first-order chi connectivity index (χ1) is 8.67. The molecule has 2 rings (SSSR count). The van der Waals surface area contributed by atoms with Crippen LogP contribution in [0.4, 0.5) is 5.69 Å². The highest BCUT2D eigenvalue weighted by atomic mass is 16.5. The maximum atomic E-state index is 11.9. The van der Waals surface area contributed by atoms with Crippen LogP contribution < -0.4 is 9.64 Å². The average Bonchev–Trinajstić information content (AvgIpc) is 2.66. The van der Waals surface area contributed by atoms with Crippen LogP contribution >= 0.6 is 0 Å². The summed E-state index contributed by atoms with van der Waals surface area (Å²) in [5, 5.41) is 9.23. The number of aliphatic hydroxyl groups is 1. The number of amides is 1. The van der Waals surface area contributed by atoms with Crippen molar-refractivity contribution < 1.29 is 14.6 Å². The monoisotopic (exact) mass is 249 g/mol. The van der Waals surface area contributed by atoms with Gasteiger partial charge in [0.1, 0.15) is 5.75 Å². The van der Waals surface area contributed by atoms with Gasteiger partial charge in [-0.05, 0) is 38.1 Å². The summed E-state index contributed by atoms with van der Waals surface area (Å²) in [7, 11) is 0. The summed E-state index contributed by atoms with van der Waals surface area (Å²) in [6.45, 7) is 4.60. The van der Waals surface area contributed by atoms with E-state index in [2.05, 4.69) is 0 Å². The molecule has 2 unspecified atom stereocenters. The van der Waals surface area contributed by atoms with Crippen molar-refractivity contribution >= 4 is 11.6 Å². The summed E-state index contributed by atoms with van der Waals surface area (Å²) in [6, 6.07) is 7.55. The predicted molar refractivity (Wildman–Crippen MR) is 69.8 cm³/mol. The summed E-state index contributed by atoms with van der Waals surface area (Å²) < 4.78 is 5.38. The van der Waals surface area contributed by atoms with Crippen molar-refractivity contribution in [2.24, 2.45) is 5.92 Å². The van der Waals surface area contributed by atoms with E-state index in [9.17, 15) is 9.90 Å². The molecule has 18 heavy (non-hydrogen) atoms. The highest BCUT2D eigenvalue weighted by molar-refractivity contribution is 5.96. The number of ether oxygens (including phenoxy) is 1. The molecule has 0 saturated carbocycles. The summed E-state index contributed by atoms with van der Waals surface area (Å²) in [4.78, 5) is 13.7. The fourth-order valence-corrected chi connectivity index (χ4v) is 2.40. The van der Waals surface area contributed by atoms with Gasteiger partial charge in [-0.25, -0.2) is 0 Å². The molecular formula is C14H19NO3. The lowest BCUT2D eigenvalue weighted by Gasteiger charge is -2.24. The van der Waals surface area contributed by atoms with Crippen molar-refractivity contribution in [3.63, 3.8) is 0 Å². The molecule has 98 valence electrons. The highest BCUT2D eigenvalue weighted by Crippen LogP contribution is 2.31. The molecule has 1 amide bonds. The number of hydrogen-bond acceptors (Lipinski definition) is 3. The van der Waals surface area contributed by atoms with Gasteiger partial charge in [0.25, 0.3) is 0 Å². The van der Waals surface area contributed by atoms with Crippen LogP contribution in [0.25, 0.3) is 0 Å². The van der Waals surface area contributed by atoms with E-state index >= 15 is 0 Å². The number of carbonyl (C=O) groups is 1. The lowest BCUT2D eigenvalue weighted by atomic mass is 10.0. The Morgan fingerprint density at radius 1 is 1.39 bits per heavy atom. The molecular weight excluding hydrogens is 230 g/mol. The van der Waals surface area contributed by atoms with Crippen molar-refractivity contribution in [1.82, 2.24) is 0 Å². The molecule has 1 aliphatic heterocycles. The summed E-state index contributed by atoms with van der Waals surface area (Å²) in [6.07, 6.45) is 0.422. The maximum Gasteiger partial charge on any atom is 0.227 e. The van der Waals surface area contributed by atoms with E-state index in [1.54, 1.807) is 4.90 Å². The first kappa shape index (κ1) is 12.9. The molecule has 0 aromatic heterocycles. The topological polar surface area (TPSA) is 49.8 Å². The summed E-state index contributed by atoms with van der Waals surface area (Å²) in [5.74, 6) is 0.911. The smallest absolute Gasteiger partial charge is 0.227 e. The fraction of sp³-hybridized carbons (Fsp3) is 0.500. The maximum absolute atomic E-state index is 11.9. The zero-order valence-corrected chi connectivity index (χ0v) is 10.8. The van der Waals surface area contributed by atoms with Crippen molar-refractivity contribution in [3.05, 3.63) is 24.3 Å². The Labute approximate surface area is 107 Å². The largest absolute Gasteiger partial charge is 0.494 e. The van der Waals surface area contributed by atoms with E-state index in [-0.39, 0.29) is 24.5 Å². The SMILES string of the molecule is CCOc1ccc(N2C(=O)CC(CO)C2C)cc1. The third-order valence-electron chi connectivity index (χ3n) is 3.46. The average molecular weight is 249 g/mol. The van der Waals surface area contributed by atoms with Crippen LogP contribution in [0.15, 0.2) is 24.3 Å². The minimum atomic E-state index is 0.0315. The van der Waals surface area contributed by atoms with Gasteiger partial charge in [-0.3, -0.25) is 4.79 Å². The lowest BCUT2D eigenvalue weighted by Crippen LogP contribution is -2.33. The number of aliphatic hydroxyl groups excluding tert-OH is 1. The molecule has 1 aromatic carbocycles. The van der Waals surface area contributed by atoms with Crippen LogP contribution in [0.2, 0.25) is 0 Å². The number of nitrogens with zero attached hydrogens (tertiary/aromatic N) is 1. The molecule has 4 heteroatoms. The first-order valence-electron chi connectivity index (χ1n) is 6.33. The normalized spacial score (nSPS) is 23.5. The first-order valence-corrected chi connectivity index (χ1v) is 6.33. The van der Waals surface area contributed by atoms with E-state index in [0.29, 0.717) is 13.0 Å². The second kappa shape index (κ2) is 5.40. The minimum absolute atomic E-state index is 0.0315. The zero-order chi connectivity index (χ0) is 13.1. The molecule has 4 nitrogen and oxygen atoms in total. The van der Waals surface area contributed by atoms with Gasteiger partial charge in [-0.15, -0.1) is 0 Å². The Morgan fingerprint density at radius 2 is 2.06 bits per heavy atom. The van der Waals surface area contributed by atoms with Gasteiger partial charge in [0, 0.05) is 30.7 Å². The Hall–Kier alpha value is -1.55. The molecule has 1 aromatic rings. The molecule has 0 radical (unpaired) electrons. The van der Waals surface area contributed by atoms with Crippen LogP contribution in [-0.4, -0.2) is 30.3 Å². The van der Waals surface area contributed by atoms with E-state index in [4.69, 9.17) is 4.74 Å². The third-order valence-corrected chi connectivity index (χ3v) is 3.46. The Kier molecular flexibility index (Phi) is 3.87. The molecule has 1 aliphatic rings. The quantitative estimate of drug-likeness (QED) is 0.885. The van der Waals surface area contributed by atoms with Crippen LogP contribution in [-0.2, 0) is 4.79 Å². The van der Waals surface area contributed by atoms with Gasteiger partial charge in [-0.1, -0.05) is 0 Å². The molecule has 1 N–H and O–H groups in total. The van der Waals surface area contributed by atoms with E-state index in [1.165, 1.54) is 0 Å². The molecule has 0 aliphatic carbocycles. The molecule has 1 saturated heterocycles. The van der Waals surface area contributed by atoms with E-state index in [0.717, 1.165) is 11.4 Å². The number of rotatable bonds is 4. The van der Waals surface area contributed by atoms with Crippen LogP contribution in [0.5, 0.6) is 5.75 Å². The predicted octanol–water partition coefficient (Wildman–Crippen LogP) is 1.82. The van der Waals surface area contributed by atoms with Gasteiger partial charge in [0.15, 0.2) is 0 Å². The van der Waals surface area contributed by atoms with Crippen LogP contribution in [0.1, 0.15) is 20.3 Å². The van der Waals surface area contributed by atoms with Crippen molar-refractivity contribution in [1.29, 1.82) is 0 Å². The van der Waals surface area contributed by atoms with Crippen molar-refractivity contribution in [2.75, 3.05) is 18.1 Å². The fourth-order valence-electron chi connectivity index (χ4n) is 2.40. The number of anilines is 1. The highest BCUT2D eigenvalue weighted by Gasteiger charge is 2.37. The van der Waals surface area contributed by atoms with Crippen molar-refractivity contribution in [3.8, 4) is 5.75 Å². The molecule has 2 atom stereocenters. The lowest BCUT2D eigenvalue weighted by molar-refractivity contribution is -0.117. The van der Waals surface area contributed by atoms with Gasteiger partial charge < -0.3 is 14.7 Å². The molecule has 1 heterocycles. The Balaban J connectivity index is 2.18. The van der Waals surface area contributed by atoms with E-state index < -0.39 is 0 Å². The van der Waals surface area contributed by atoms with E-state index in [1.807, 2.05) is 38.1 Å². The molecule has 0 spiro atoms. The standard InChI is InChI=1S/C14H19NO3/c1-3-18-13-6-4-12(5-7-13)15-10(2)11(9-16)8-14(15)17/h4-7,10-11,16H,3,8-9H2,1-2H3. The van der Waals surface area contributed by atoms with Gasteiger partial charge >= 0.3 is 0 Å². The van der Waals surface area contributed by atoms with Gasteiger partial charge in [0.05, 0.1) is 6.61 Å². The third kappa shape index (κ3) is 2.34. The van der Waals surface area contributed by atoms with Gasteiger partial charge in [0.2, 0.25) is 5.91 Å². The van der Waals surface area contributed by atoms with Crippen LogP contribution in [0.3, 0.4) is 0 Å². The molecule has 0 bridgehead atoms. The summed E-state index contributed by atoms with van der Waals surface area (Å²) in [5.41, 5.74) is 0.868. The number of carbonyl (C=O) groups excluding carboxylic acids is 1. The second-order valence-electron chi connectivity index (χ2n) is 4.58. The second-order valence-corrected chi connectivity index (χ2v) is 4.58. The Bertz CT molecular complexity index is 416. The minimum Gasteiger partial charge on any atom is -0.494 e. The zero-order valence-electron chi connectivity index (χ0n) is 10.8. The van der Waals surface area contributed by atoms with Gasteiger partial charge in [-0.2, -0.15) is 0 Å². The van der Waals surface area contributed by atoms with Crippen molar-refractivity contribution in [2.45, 2.75) is 26.3 Å². The molecule has 1 fully saturated rings.